The van der Waals surface area contributed by atoms with E-state index in [0.717, 1.165) is 24.4 Å². The summed E-state index contributed by atoms with van der Waals surface area (Å²) in [6.07, 6.45) is 1.04. The molecule has 2 rings (SSSR count). The molecule has 0 aliphatic carbocycles. The predicted octanol–water partition coefficient (Wildman–Crippen LogP) is 2.98. The van der Waals surface area contributed by atoms with Crippen molar-refractivity contribution in [3.8, 4) is 17.2 Å². The molecule has 0 spiro atoms. The van der Waals surface area contributed by atoms with Gasteiger partial charge in [0.15, 0.2) is 11.5 Å². The molecule has 25 heavy (non-hydrogen) atoms. The predicted molar refractivity (Wildman–Crippen MR) is 88.1 cm³/mol. The van der Waals surface area contributed by atoms with Crippen molar-refractivity contribution in [1.82, 2.24) is 0 Å². The van der Waals surface area contributed by atoms with E-state index in [1.54, 1.807) is 0 Å². The number of benzene rings is 2. The van der Waals surface area contributed by atoms with E-state index >= 15 is 0 Å². The number of hydrogen-bond donors (Lipinski definition) is 2. The second kappa shape index (κ2) is 6.83. The van der Waals surface area contributed by atoms with Crippen molar-refractivity contribution in [2.24, 2.45) is 4.99 Å². The Hall–Kier alpha value is -3.69. The number of non-ortho nitro benzene ring substituents is 2. The number of methoxy groups -OCH3 is 1. The molecule has 0 radical (unpaired) electrons. The summed E-state index contributed by atoms with van der Waals surface area (Å²) in [5.41, 5.74) is -0.535. The number of nitro benzene ring substituents is 2. The Kier molecular flexibility index (Phi) is 4.82. The first-order valence-electron chi connectivity index (χ1n) is 6.82. The summed E-state index contributed by atoms with van der Waals surface area (Å²) in [5.74, 6) is -0.799. The zero-order chi connectivity index (χ0) is 18.7. The van der Waals surface area contributed by atoms with E-state index < -0.39 is 15.6 Å². The van der Waals surface area contributed by atoms with Gasteiger partial charge in [-0.3, -0.25) is 25.2 Å². The van der Waals surface area contributed by atoms with Crippen molar-refractivity contribution in [1.29, 1.82) is 0 Å². The first kappa shape index (κ1) is 17.7. The van der Waals surface area contributed by atoms with Gasteiger partial charge >= 0.3 is 0 Å². The number of nitrogens with zero attached hydrogens (tertiary/aromatic N) is 3. The van der Waals surface area contributed by atoms with E-state index in [4.69, 9.17) is 4.74 Å². The SMILES string of the molecule is COc1cc([N+](=O)[O-])cc(C=Nc2cc([N+](=O)[O-])cc(C)c2O)c1O. The average Bonchev–Trinajstić information content (AvgIpc) is 2.56. The van der Waals surface area contributed by atoms with Gasteiger partial charge in [0.05, 0.1) is 23.0 Å². The summed E-state index contributed by atoms with van der Waals surface area (Å²) in [6, 6.07) is 4.33. The zero-order valence-electron chi connectivity index (χ0n) is 13.2. The lowest BCUT2D eigenvalue weighted by Gasteiger charge is -2.06. The molecule has 0 bridgehead atoms. The number of nitro groups is 2. The van der Waals surface area contributed by atoms with E-state index in [1.807, 2.05) is 0 Å². The number of hydrogen-bond acceptors (Lipinski definition) is 8. The molecule has 0 aliphatic rings. The van der Waals surface area contributed by atoms with Gasteiger partial charge in [0.25, 0.3) is 11.4 Å². The van der Waals surface area contributed by atoms with Crippen molar-refractivity contribution in [3.63, 3.8) is 0 Å². The van der Waals surface area contributed by atoms with Crippen LogP contribution in [0.15, 0.2) is 29.3 Å². The van der Waals surface area contributed by atoms with Gasteiger partial charge in [0.1, 0.15) is 11.4 Å². The molecular formula is C15H13N3O7. The number of phenols is 2. The Labute approximate surface area is 140 Å². The topological polar surface area (TPSA) is 148 Å². The average molecular weight is 347 g/mol. The first-order chi connectivity index (χ1) is 11.7. The first-order valence-corrected chi connectivity index (χ1v) is 6.82. The van der Waals surface area contributed by atoms with Gasteiger partial charge < -0.3 is 14.9 Å². The van der Waals surface area contributed by atoms with Crippen molar-refractivity contribution in [2.45, 2.75) is 6.92 Å². The number of ether oxygens (including phenoxy) is 1. The Balaban J connectivity index is 2.54. The van der Waals surface area contributed by atoms with Crippen LogP contribution in [0.4, 0.5) is 17.1 Å². The molecule has 0 heterocycles. The fourth-order valence-corrected chi connectivity index (χ4v) is 2.06. The standard InChI is InChI=1S/C15H13N3O7/c1-8-3-10(17(21)22)5-12(14(8)19)16-7-9-4-11(18(23)24)6-13(25-2)15(9)20/h3-7,19-20H,1-2H3. The van der Waals surface area contributed by atoms with Gasteiger partial charge in [-0.1, -0.05) is 0 Å². The molecule has 2 N–H and O–H groups in total. The van der Waals surface area contributed by atoms with Crippen LogP contribution in [0.2, 0.25) is 0 Å². The van der Waals surface area contributed by atoms with Crippen LogP contribution in [0.5, 0.6) is 17.2 Å². The molecule has 2 aromatic rings. The van der Waals surface area contributed by atoms with Gasteiger partial charge in [0.2, 0.25) is 0 Å². The third-order valence-corrected chi connectivity index (χ3v) is 3.34. The third kappa shape index (κ3) is 3.63. The van der Waals surface area contributed by atoms with Crippen LogP contribution in [-0.4, -0.2) is 33.4 Å². The molecule has 0 aromatic heterocycles. The molecule has 0 atom stereocenters. The summed E-state index contributed by atoms with van der Waals surface area (Å²) >= 11 is 0. The molecule has 10 nitrogen and oxygen atoms in total. The van der Waals surface area contributed by atoms with Gasteiger partial charge in [-0.25, -0.2) is 0 Å². The number of rotatable bonds is 5. The van der Waals surface area contributed by atoms with Gasteiger partial charge in [-0.15, -0.1) is 0 Å². The smallest absolute Gasteiger partial charge is 0.274 e. The van der Waals surface area contributed by atoms with Crippen LogP contribution in [0.1, 0.15) is 11.1 Å². The molecule has 0 fully saturated rings. The summed E-state index contributed by atoms with van der Waals surface area (Å²) in [6.45, 7) is 1.47. The highest BCUT2D eigenvalue weighted by Gasteiger charge is 2.17. The molecule has 10 heteroatoms. The number of aryl methyl sites for hydroxylation is 1. The second-order valence-electron chi connectivity index (χ2n) is 4.99. The fraction of sp³-hybridized carbons (Fsp3) is 0.133. The highest BCUT2D eigenvalue weighted by atomic mass is 16.6. The summed E-state index contributed by atoms with van der Waals surface area (Å²) in [5, 5.41) is 41.8. The van der Waals surface area contributed by atoms with Crippen LogP contribution >= 0.6 is 0 Å². The van der Waals surface area contributed by atoms with Crippen LogP contribution in [0.3, 0.4) is 0 Å². The minimum Gasteiger partial charge on any atom is -0.505 e. The van der Waals surface area contributed by atoms with Crippen LogP contribution in [0, 0.1) is 27.2 Å². The van der Waals surface area contributed by atoms with Gasteiger partial charge in [0, 0.05) is 30.0 Å². The van der Waals surface area contributed by atoms with E-state index in [-0.39, 0.29) is 39.7 Å². The Morgan fingerprint density at radius 2 is 1.64 bits per heavy atom. The largest absolute Gasteiger partial charge is 0.505 e. The third-order valence-electron chi connectivity index (χ3n) is 3.34. The minimum atomic E-state index is -0.672. The van der Waals surface area contributed by atoms with Gasteiger partial charge in [-0.05, 0) is 12.5 Å². The highest BCUT2D eigenvalue weighted by molar-refractivity contribution is 5.88. The van der Waals surface area contributed by atoms with Crippen LogP contribution < -0.4 is 4.74 Å². The molecule has 0 aliphatic heterocycles. The van der Waals surface area contributed by atoms with Crippen molar-refractivity contribution in [2.75, 3.05) is 7.11 Å². The van der Waals surface area contributed by atoms with E-state index in [2.05, 4.69) is 4.99 Å². The quantitative estimate of drug-likeness (QED) is 0.479. The molecule has 0 unspecified atom stereocenters. The maximum Gasteiger partial charge on any atom is 0.274 e. The summed E-state index contributed by atoms with van der Waals surface area (Å²) in [4.78, 5) is 24.4. The Bertz CT molecular complexity index is 893. The lowest BCUT2D eigenvalue weighted by molar-refractivity contribution is -0.385. The van der Waals surface area contributed by atoms with E-state index in [9.17, 15) is 30.4 Å². The van der Waals surface area contributed by atoms with Crippen LogP contribution in [0.25, 0.3) is 0 Å². The van der Waals surface area contributed by atoms with Gasteiger partial charge in [-0.2, -0.15) is 0 Å². The molecule has 0 amide bonds. The number of aromatic hydroxyl groups is 2. The number of phenolic OH excluding ortho intramolecular Hbond substituents is 2. The Morgan fingerprint density at radius 3 is 2.20 bits per heavy atom. The molecular weight excluding hydrogens is 334 g/mol. The lowest BCUT2D eigenvalue weighted by atomic mass is 10.1. The fourth-order valence-electron chi connectivity index (χ4n) is 2.06. The van der Waals surface area contributed by atoms with Crippen molar-refractivity contribution in [3.05, 3.63) is 55.6 Å². The van der Waals surface area contributed by atoms with E-state index in [0.29, 0.717) is 0 Å². The minimum absolute atomic E-state index is 0.0467. The van der Waals surface area contributed by atoms with Crippen LogP contribution in [-0.2, 0) is 0 Å². The van der Waals surface area contributed by atoms with Crippen molar-refractivity contribution < 1.29 is 24.8 Å². The second-order valence-corrected chi connectivity index (χ2v) is 4.99. The summed E-state index contributed by atoms with van der Waals surface area (Å²) < 4.78 is 4.87. The number of aliphatic imine (C=N–C) groups is 1. The normalized spacial score (nSPS) is 10.8. The highest BCUT2D eigenvalue weighted by Crippen LogP contribution is 2.36. The molecule has 0 saturated carbocycles. The Morgan fingerprint density at radius 1 is 1.04 bits per heavy atom. The summed E-state index contributed by atoms with van der Waals surface area (Å²) in [7, 11) is 1.23. The maximum atomic E-state index is 10.9. The molecule has 130 valence electrons. The van der Waals surface area contributed by atoms with Crippen molar-refractivity contribution >= 4 is 23.3 Å². The molecule has 0 saturated heterocycles. The monoisotopic (exact) mass is 347 g/mol. The zero-order valence-corrected chi connectivity index (χ0v) is 13.2. The lowest BCUT2D eigenvalue weighted by Crippen LogP contribution is -1.94. The van der Waals surface area contributed by atoms with E-state index in [1.165, 1.54) is 20.1 Å². The maximum absolute atomic E-state index is 10.9. The molecule has 2 aromatic carbocycles.